The molecule has 0 aliphatic heterocycles. The Kier molecular flexibility index (Phi) is 6.66. The Bertz CT molecular complexity index is 672. The summed E-state index contributed by atoms with van der Waals surface area (Å²) >= 11 is 1.70. The van der Waals surface area contributed by atoms with Gasteiger partial charge in [-0.1, -0.05) is 0 Å². The van der Waals surface area contributed by atoms with Gasteiger partial charge in [0.05, 0.1) is 13.7 Å². The van der Waals surface area contributed by atoms with Crippen molar-refractivity contribution < 1.29 is 9.53 Å². The third kappa shape index (κ3) is 4.50. The van der Waals surface area contributed by atoms with Gasteiger partial charge < -0.3 is 15.8 Å². The van der Waals surface area contributed by atoms with Gasteiger partial charge >= 0.3 is 0 Å². The number of hydrogen-bond donors (Lipinski definition) is 2. The molecular formula is C18H23ClN2O2S. The van der Waals surface area contributed by atoms with Crippen LogP contribution in [0.2, 0.25) is 0 Å². The molecule has 1 fully saturated rings. The van der Waals surface area contributed by atoms with E-state index in [9.17, 15) is 4.79 Å². The number of methoxy groups -OCH3 is 1. The van der Waals surface area contributed by atoms with E-state index in [0.717, 1.165) is 35.5 Å². The smallest absolute Gasteiger partial charge is 0.223 e. The number of rotatable bonds is 5. The van der Waals surface area contributed by atoms with Crippen molar-refractivity contribution in [3.63, 3.8) is 0 Å². The van der Waals surface area contributed by atoms with Crippen LogP contribution in [0.3, 0.4) is 0 Å². The highest BCUT2D eigenvalue weighted by atomic mass is 35.5. The van der Waals surface area contributed by atoms with E-state index in [4.69, 9.17) is 10.5 Å². The summed E-state index contributed by atoms with van der Waals surface area (Å²) in [5.74, 6) is 1.08. The summed E-state index contributed by atoms with van der Waals surface area (Å²) in [6.45, 7) is 0.589. The molecule has 4 nitrogen and oxygen atoms in total. The second kappa shape index (κ2) is 8.51. The van der Waals surface area contributed by atoms with Crippen LogP contribution >= 0.6 is 23.7 Å². The van der Waals surface area contributed by atoms with Crippen LogP contribution in [0.25, 0.3) is 10.4 Å². The van der Waals surface area contributed by atoms with Crippen molar-refractivity contribution in [1.82, 2.24) is 5.32 Å². The van der Waals surface area contributed by atoms with Crippen LogP contribution in [0.5, 0.6) is 5.75 Å². The first-order valence-corrected chi connectivity index (χ1v) is 8.74. The molecule has 130 valence electrons. The highest BCUT2D eigenvalue weighted by Gasteiger charge is 2.27. The molecule has 1 saturated carbocycles. The predicted molar refractivity (Wildman–Crippen MR) is 101 cm³/mol. The lowest BCUT2D eigenvalue weighted by molar-refractivity contribution is -0.124. The standard InChI is InChI=1S/C18H22N2O2S.ClH/c1-22-15-6-3-12(4-7-15)17-9-8-16(23-17)11-20-18(21)13-2-5-14(19)10-13;/h3-4,6-9,13-14H,2,5,10-11,19H2,1H3,(H,20,21);1H. The average molecular weight is 367 g/mol. The lowest BCUT2D eigenvalue weighted by Gasteiger charge is -2.09. The first-order chi connectivity index (χ1) is 11.2. The number of nitrogens with two attached hydrogens (primary N) is 1. The van der Waals surface area contributed by atoms with Gasteiger partial charge in [0.2, 0.25) is 5.91 Å². The fraction of sp³-hybridized carbons (Fsp3) is 0.389. The van der Waals surface area contributed by atoms with Gasteiger partial charge in [-0.15, -0.1) is 23.7 Å². The van der Waals surface area contributed by atoms with Crippen molar-refractivity contribution in [1.29, 1.82) is 0 Å². The van der Waals surface area contributed by atoms with Gasteiger partial charge in [-0.05, 0) is 61.2 Å². The minimum absolute atomic E-state index is 0. The number of amides is 1. The summed E-state index contributed by atoms with van der Waals surface area (Å²) in [6.07, 6.45) is 2.68. The predicted octanol–water partition coefficient (Wildman–Crippen LogP) is 3.59. The molecule has 3 rings (SSSR count). The number of benzene rings is 1. The molecule has 2 unspecified atom stereocenters. The molecule has 0 saturated heterocycles. The SMILES string of the molecule is COc1ccc(-c2ccc(CNC(=O)C3CCC(N)C3)s2)cc1.Cl. The van der Waals surface area contributed by atoms with Crippen LogP contribution in [0.1, 0.15) is 24.1 Å². The van der Waals surface area contributed by atoms with Gasteiger partial charge in [0.15, 0.2) is 0 Å². The van der Waals surface area contributed by atoms with Crippen LogP contribution in [0, 0.1) is 5.92 Å². The van der Waals surface area contributed by atoms with Crippen LogP contribution in [0.4, 0.5) is 0 Å². The fourth-order valence-electron chi connectivity index (χ4n) is 2.96. The Labute approximate surface area is 152 Å². The number of nitrogens with one attached hydrogen (secondary N) is 1. The maximum Gasteiger partial charge on any atom is 0.223 e. The third-order valence-electron chi connectivity index (χ3n) is 4.32. The van der Waals surface area contributed by atoms with Crippen LogP contribution in [-0.4, -0.2) is 19.1 Å². The second-order valence-electron chi connectivity index (χ2n) is 5.98. The average Bonchev–Trinajstić information content (AvgIpc) is 3.22. The highest BCUT2D eigenvalue weighted by molar-refractivity contribution is 7.15. The largest absolute Gasteiger partial charge is 0.497 e. The zero-order valence-electron chi connectivity index (χ0n) is 13.7. The number of thiophene rings is 1. The molecule has 3 N–H and O–H groups in total. The maximum atomic E-state index is 12.1. The molecule has 1 amide bonds. The summed E-state index contributed by atoms with van der Waals surface area (Å²) in [4.78, 5) is 14.5. The van der Waals surface area contributed by atoms with E-state index in [1.54, 1.807) is 18.4 Å². The molecule has 1 aromatic carbocycles. The highest BCUT2D eigenvalue weighted by Crippen LogP contribution is 2.30. The number of hydrogen-bond acceptors (Lipinski definition) is 4. The van der Waals surface area contributed by atoms with Crippen LogP contribution in [0.15, 0.2) is 36.4 Å². The van der Waals surface area contributed by atoms with Crippen molar-refractivity contribution in [2.45, 2.75) is 31.8 Å². The molecular weight excluding hydrogens is 344 g/mol. The molecule has 2 aromatic rings. The van der Waals surface area contributed by atoms with E-state index >= 15 is 0 Å². The van der Waals surface area contributed by atoms with E-state index in [0.29, 0.717) is 6.54 Å². The summed E-state index contributed by atoms with van der Waals surface area (Å²) in [6, 6.07) is 12.4. The molecule has 1 aliphatic carbocycles. The van der Waals surface area contributed by atoms with Crippen molar-refractivity contribution in [3.05, 3.63) is 41.3 Å². The number of halogens is 1. The van der Waals surface area contributed by atoms with Gasteiger partial charge in [-0.2, -0.15) is 0 Å². The number of carbonyl (C=O) groups is 1. The summed E-state index contributed by atoms with van der Waals surface area (Å²) in [5, 5.41) is 3.04. The van der Waals surface area contributed by atoms with Gasteiger partial charge in [0, 0.05) is 21.7 Å². The first-order valence-electron chi connectivity index (χ1n) is 7.92. The molecule has 2 atom stereocenters. The fourth-order valence-corrected chi connectivity index (χ4v) is 3.91. The Morgan fingerprint density at radius 1 is 1.25 bits per heavy atom. The monoisotopic (exact) mass is 366 g/mol. The zero-order chi connectivity index (χ0) is 16.2. The normalized spacial score (nSPS) is 19.6. The lowest BCUT2D eigenvalue weighted by atomic mass is 10.1. The van der Waals surface area contributed by atoms with Gasteiger partial charge in [0.1, 0.15) is 5.75 Å². The maximum absolute atomic E-state index is 12.1. The minimum Gasteiger partial charge on any atom is -0.497 e. The summed E-state index contributed by atoms with van der Waals surface area (Å²) in [5.41, 5.74) is 7.03. The van der Waals surface area contributed by atoms with E-state index in [-0.39, 0.29) is 30.3 Å². The van der Waals surface area contributed by atoms with Crippen molar-refractivity contribution in [3.8, 4) is 16.2 Å². The molecule has 1 aliphatic rings. The summed E-state index contributed by atoms with van der Waals surface area (Å²) < 4.78 is 5.18. The van der Waals surface area contributed by atoms with E-state index in [2.05, 4.69) is 17.4 Å². The number of ether oxygens (including phenoxy) is 1. The third-order valence-corrected chi connectivity index (χ3v) is 5.45. The lowest BCUT2D eigenvalue weighted by Crippen LogP contribution is -2.29. The topological polar surface area (TPSA) is 64.3 Å². The van der Waals surface area contributed by atoms with Crippen LogP contribution < -0.4 is 15.8 Å². The minimum atomic E-state index is 0. The molecule has 6 heteroatoms. The van der Waals surface area contributed by atoms with E-state index in [1.165, 1.54) is 4.88 Å². The first kappa shape index (κ1) is 18.8. The van der Waals surface area contributed by atoms with Crippen molar-refractivity contribution in [2.75, 3.05) is 7.11 Å². The number of carbonyl (C=O) groups excluding carboxylic acids is 1. The Morgan fingerprint density at radius 2 is 2.00 bits per heavy atom. The van der Waals surface area contributed by atoms with Crippen LogP contribution in [-0.2, 0) is 11.3 Å². The molecule has 0 spiro atoms. The molecule has 24 heavy (non-hydrogen) atoms. The molecule has 1 heterocycles. The van der Waals surface area contributed by atoms with Gasteiger partial charge in [0.25, 0.3) is 0 Å². The van der Waals surface area contributed by atoms with Crippen molar-refractivity contribution >= 4 is 29.7 Å². The summed E-state index contributed by atoms with van der Waals surface area (Å²) in [7, 11) is 1.66. The van der Waals surface area contributed by atoms with Crippen molar-refractivity contribution in [2.24, 2.45) is 11.7 Å². The Morgan fingerprint density at radius 3 is 2.62 bits per heavy atom. The van der Waals surface area contributed by atoms with E-state index < -0.39 is 0 Å². The van der Waals surface area contributed by atoms with E-state index in [1.807, 2.05) is 24.3 Å². The van der Waals surface area contributed by atoms with Gasteiger partial charge in [-0.25, -0.2) is 0 Å². The zero-order valence-corrected chi connectivity index (χ0v) is 15.3. The van der Waals surface area contributed by atoms with Gasteiger partial charge in [-0.3, -0.25) is 4.79 Å². The Hall–Kier alpha value is -1.56. The second-order valence-corrected chi connectivity index (χ2v) is 7.15. The quantitative estimate of drug-likeness (QED) is 0.849. The molecule has 1 aromatic heterocycles. The molecule has 0 bridgehead atoms. The molecule has 0 radical (unpaired) electrons. The Balaban J connectivity index is 0.00000208.